The van der Waals surface area contributed by atoms with Gasteiger partial charge >= 0.3 is 0 Å². The van der Waals surface area contributed by atoms with Gasteiger partial charge in [-0.15, -0.1) is 0 Å². The Morgan fingerprint density at radius 2 is 1.86 bits per heavy atom. The highest BCUT2D eigenvalue weighted by molar-refractivity contribution is 5.99. The van der Waals surface area contributed by atoms with Crippen LogP contribution in [-0.4, -0.2) is 41.6 Å². The Balaban J connectivity index is 1.29. The van der Waals surface area contributed by atoms with Crippen molar-refractivity contribution in [1.82, 2.24) is 9.88 Å². The van der Waals surface area contributed by atoms with Crippen molar-refractivity contribution in [3.8, 4) is 0 Å². The van der Waals surface area contributed by atoms with Crippen molar-refractivity contribution in [1.29, 1.82) is 0 Å². The molecule has 2 N–H and O–H groups in total. The predicted octanol–water partition coefficient (Wildman–Crippen LogP) is 4.28. The van der Waals surface area contributed by atoms with E-state index in [1.54, 1.807) is 0 Å². The number of anilines is 2. The Morgan fingerprint density at radius 3 is 2.68 bits per heavy atom. The van der Waals surface area contributed by atoms with Crippen molar-refractivity contribution in [3.63, 3.8) is 0 Å². The second-order valence-corrected chi connectivity index (χ2v) is 8.07. The number of benzene rings is 2. The quantitative estimate of drug-likeness (QED) is 0.704. The van der Waals surface area contributed by atoms with Gasteiger partial charge in [0.05, 0.1) is 18.0 Å². The van der Waals surface area contributed by atoms with E-state index in [4.69, 9.17) is 0 Å². The second kappa shape index (κ2) is 6.59. The fourth-order valence-electron chi connectivity index (χ4n) is 4.73. The first-order valence-corrected chi connectivity index (χ1v) is 10.1. The van der Waals surface area contributed by atoms with Crippen LogP contribution in [0.3, 0.4) is 0 Å². The summed E-state index contributed by atoms with van der Waals surface area (Å²) in [4.78, 5) is 20.9. The molecule has 2 aromatic carbocycles. The number of rotatable bonds is 2. The largest absolute Gasteiger partial charge is 0.366 e. The minimum Gasteiger partial charge on any atom is -0.366 e. The number of nitrogens with one attached hydrogen (secondary N) is 2. The van der Waals surface area contributed by atoms with Gasteiger partial charge < -0.3 is 20.1 Å². The van der Waals surface area contributed by atoms with Gasteiger partial charge in [0, 0.05) is 30.0 Å². The molecule has 3 heterocycles. The highest BCUT2D eigenvalue weighted by atomic mass is 16.2. The highest BCUT2D eigenvalue weighted by Crippen LogP contribution is 2.34. The number of hydrogen-bond donors (Lipinski definition) is 2. The lowest BCUT2D eigenvalue weighted by molar-refractivity contribution is 0.0708. The monoisotopic (exact) mass is 374 g/mol. The summed E-state index contributed by atoms with van der Waals surface area (Å²) in [7, 11) is 0. The maximum atomic E-state index is 13.1. The van der Waals surface area contributed by atoms with Gasteiger partial charge in [0.25, 0.3) is 5.91 Å². The number of aryl methyl sites for hydroxylation is 2. The lowest BCUT2D eigenvalue weighted by Gasteiger charge is -2.37. The van der Waals surface area contributed by atoms with Crippen LogP contribution in [0.2, 0.25) is 0 Å². The first-order valence-electron chi connectivity index (χ1n) is 10.1. The maximum Gasteiger partial charge on any atom is 0.270 e. The van der Waals surface area contributed by atoms with Crippen molar-refractivity contribution in [2.24, 2.45) is 0 Å². The van der Waals surface area contributed by atoms with Crippen LogP contribution < -0.4 is 10.2 Å². The van der Waals surface area contributed by atoms with Gasteiger partial charge in [-0.1, -0.05) is 23.8 Å². The van der Waals surface area contributed by atoms with E-state index in [2.05, 4.69) is 65.4 Å². The minimum atomic E-state index is 0.117. The summed E-state index contributed by atoms with van der Waals surface area (Å²) in [6.07, 6.45) is 2.00. The number of fused-ring (bicyclic) bond motifs is 2. The van der Waals surface area contributed by atoms with Crippen molar-refractivity contribution in [2.75, 3.05) is 30.0 Å². The third-order valence-corrected chi connectivity index (χ3v) is 6.15. The molecule has 0 aliphatic carbocycles. The smallest absolute Gasteiger partial charge is 0.270 e. The summed E-state index contributed by atoms with van der Waals surface area (Å²) in [5, 5.41) is 4.59. The average molecular weight is 374 g/mol. The van der Waals surface area contributed by atoms with E-state index in [-0.39, 0.29) is 5.91 Å². The van der Waals surface area contributed by atoms with Gasteiger partial charge in [0.1, 0.15) is 5.69 Å². The summed E-state index contributed by atoms with van der Waals surface area (Å²) in [5.41, 5.74) is 6.69. The van der Waals surface area contributed by atoms with Gasteiger partial charge in [0.2, 0.25) is 0 Å². The number of aromatic nitrogens is 1. The van der Waals surface area contributed by atoms with Gasteiger partial charge in [-0.05, 0) is 56.5 Å². The maximum absolute atomic E-state index is 13.1. The molecule has 0 spiro atoms. The SMILES string of the molecule is Cc1cc(C)c2[nH]c(C(=O)N3CCC(N4CNc5ccccc54)CC3)cc2c1. The standard InChI is InChI=1S/C23H26N4O/c1-15-11-16(2)22-17(12-15)13-20(25-22)23(28)26-9-7-18(8-10-26)27-14-24-19-5-3-4-6-21(19)27/h3-6,11-13,18,24-25H,7-10,14H2,1-2H3. The molecule has 5 heteroatoms. The molecule has 2 aliphatic rings. The summed E-state index contributed by atoms with van der Waals surface area (Å²) in [6.45, 7) is 6.65. The molecular weight excluding hydrogens is 348 g/mol. The Bertz CT molecular complexity index is 1050. The predicted molar refractivity (Wildman–Crippen MR) is 114 cm³/mol. The number of carbonyl (C=O) groups excluding carboxylic acids is 1. The van der Waals surface area contributed by atoms with E-state index < -0.39 is 0 Å². The van der Waals surface area contributed by atoms with Crippen LogP contribution in [0.4, 0.5) is 11.4 Å². The highest BCUT2D eigenvalue weighted by Gasteiger charge is 2.31. The van der Waals surface area contributed by atoms with Crippen LogP contribution in [-0.2, 0) is 0 Å². The number of para-hydroxylation sites is 2. The number of aromatic amines is 1. The van der Waals surface area contributed by atoms with Crippen LogP contribution in [0.1, 0.15) is 34.5 Å². The van der Waals surface area contributed by atoms with E-state index >= 15 is 0 Å². The van der Waals surface area contributed by atoms with E-state index in [1.165, 1.54) is 22.5 Å². The molecule has 0 radical (unpaired) electrons. The molecule has 2 aliphatic heterocycles. The van der Waals surface area contributed by atoms with E-state index in [0.29, 0.717) is 11.7 Å². The molecular formula is C23H26N4O. The van der Waals surface area contributed by atoms with Gasteiger partial charge in [-0.3, -0.25) is 4.79 Å². The Kier molecular flexibility index (Phi) is 4.04. The van der Waals surface area contributed by atoms with Crippen LogP contribution in [0.5, 0.6) is 0 Å². The zero-order valence-electron chi connectivity index (χ0n) is 16.5. The zero-order valence-corrected chi connectivity index (χ0v) is 16.5. The lowest BCUT2D eigenvalue weighted by Crippen LogP contribution is -2.46. The molecule has 1 saturated heterocycles. The third-order valence-electron chi connectivity index (χ3n) is 6.15. The number of hydrogen-bond acceptors (Lipinski definition) is 3. The Morgan fingerprint density at radius 1 is 1.07 bits per heavy atom. The number of H-pyrrole nitrogens is 1. The van der Waals surface area contributed by atoms with Gasteiger partial charge in [-0.2, -0.15) is 0 Å². The van der Waals surface area contributed by atoms with Crippen molar-refractivity contribution in [3.05, 3.63) is 59.3 Å². The van der Waals surface area contributed by atoms with E-state index in [0.717, 1.165) is 43.5 Å². The molecule has 5 rings (SSSR count). The molecule has 1 fully saturated rings. The topological polar surface area (TPSA) is 51.4 Å². The number of nitrogens with zero attached hydrogens (tertiary/aromatic N) is 2. The first kappa shape index (κ1) is 17.2. The number of amides is 1. The molecule has 0 saturated carbocycles. The summed E-state index contributed by atoms with van der Waals surface area (Å²) in [5.74, 6) is 0.117. The van der Waals surface area contributed by atoms with Crippen molar-refractivity contribution < 1.29 is 4.79 Å². The molecule has 1 amide bonds. The van der Waals surface area contributed by atoms with E-state index in [9.17, 15) is 4.79 Å². The van der Waals surface area contributed by atoms with Gasteiger partial charge in [0.15, 0.2) is 0 Å². The van der Waals surface area contributed by atoms with Crippen LogP contribution >= 0.6 is 0 Å². The zero-order chi connectivity index (χ0) is 19.3. The third kappa shape index (κ3) is 2.82. The normalized spacial score (nSPS) is 17.1. The van der Waals surface area contributed by atoms with Gasteiger partial charge in [-0.25, -0.2) is 0 Å². The number of carbonyl (C=O) groups is 1. The first-order chi connectivity index (χ1) is 13.6. The second-order valence-electron chi connectivity index (χ2n) is 8.07. The number of piperidine rings is 1. The fourth-order valence-corrected chi connectivity index (χ4v) is 4.73. The minimum absolute atomic E-state index is 0.117. The summed E-state index contributed by atoms with van der Waals surface area (Å²) in [6, 6.07) is 15.3. The van der Waals surface area contributed by atoms with Crippen LogP contribution in [0.25, 0.3) is 10.9 Å². The Labute approximate surface area is 165 Å². The van der Waals surface area contributed by atoms with Crippen LogP contribution in [0, 0.1) is 13.8 Å². The molecule has 0 atom stereocenters. The summed E-state index contributed by atoms with van der Waals surface area (Å²) < 4.78 is 0. The van der Waals surface area contributed by atoms with Crippen molar-refractivity contribution >= 4 is 28.2 Å². The van der Waals surface area contributed by atoms with E-state index in [1.807, 2.05) is 11.0 Å². The molecule has 3 aromatic rings. The molecule has 28 heavy (non-hydrogen) atoms. The Hall–Kier alpha value is -2.95. The summed E-state index contributed by atoms with van der Waals surface area (Å²) >= 11 is 0. The molecule has 144 valence electrons. The molecule has 1 aromatic heterocycles. The molecule has 0 unspecified atom stereocenters. The van der Waals surface area contributed by atoms with Crippen molar-refractivity contribution in [2.45, 2.75) is 32.7 Å². The molecule has 0 bridgehead atoms. The lowest BCUT2D eigenvalue weighted by atomic mass is 10.0. The number of likely N-dealkylation sites (tertiary alicyclic amines) is 1. The molecule has 5 nitrogen and oxygen atoms in total. The average Bonchev–Trinajstić information content (AvgIpc) is 3.32. The van der Waals surface area contributed by atoms with Crippen LogP contribution in [0.15, 0.2) is 42.5 Å². The fraction of sp³-hybridized carbons (Fsp3) is 0.348.